The van der Waals surface area contributed by atoms with Crippen molar-refractivity contribution in [2.24, 2.45) is 0 Å². The maximum atomic E-state index is 11.9. The van der Waals surface area contributed by atoms with Crippen LogP contribution in [0, 0.1) is 0 Å². The normalized spacial score (nSPS) is 17.1. The standard InChI is InChI=1S/C12H14Cl2N2OS/c1-18-12(3-2-4-12)7-16-11(17)8-5-9(13)10(14)15-6-8/h5-6H,2-4,7H2,1H3,(H,16,17). The van der Waals surface area contributed by atoms with Gasteiger partial charge in [0.25, 0.3) is 5.91 Å². The summed E-state index contributed by atoms with van der Waals surface area (Å²) in [5, 5.41) is 3.45. The van der Waals surface area contributed by atoms with Gasteiger partial charge in [-0.15, -0.1) is 0 Å². The van der Waals surface area contributed by atoms with E-state index in [0.29, 0.717) is 17.1 Å². The van der Waals surface area contributed by atoms with E-state index in [1.54, 1.807) is 6.07 Å². The molecule has 0 unspecified atom stereocenters. The Kier molecular flexibility index (Phi) is 4.41. The van der Waals surface area contributed by atoms with Gasteiger partial charge in [-0.2, -0.15) is 11.8 Å². The van der Waals surface area contributed by atoms with Gasteiger partial charge in [0.05, 0.1) is 10.6 Å². The van der Waals surface area contributed by atoms with E-state index in [4.69, 9.17) is 23.2 Å². The van der Waals surface area contributed by atoms with Crippen molar-refractivity contribution in [3.8, 4) is 0 Å². The van der Waals surface area contributed by atoms with Crippen LogP contribution in [0.15, 0.2) is 12.3 Å². The van der Waals surface area contributed by atoms with Crippen LogP contribution in [-0.4, -0.2) is 28.4 Å². The zero-order valence-electron chi connectivity index (χ0n) is 10.0. The molecule has 0 bridgehead atoms. The molecule has 1 aromatic rings. The van der Waals surface area contributed by atoms with Gasteiger partial charge >= 0.3 is 0 Å². The number of hydrogen-bond donors (Lipinski definition) is 1. The highest BCUT2D eigenvalue weighted by Gasteiger charge is 2.36. The van der Waals surface area contributed by atoms with Gasteiger partial charge in [0.15, 0.2) is 0 Å². The predicted octanol–water partition coefficient (Wildman–Crippen LogP) is 3.40. The number of pyridine rings is 1. The highest BCUT2D eigenvalue weighted by Crippen LogP contribution is 2.42. The summed E-state index contributed by atoms with van der Waals surface area (Å²) in [5.41, 5.74) is 0.444. The Morgan fingerprint density at radius 3 is 2.78 bits per heavy atom. The third-order valence-corrected chi connectivity index (χ3v) is 5.43. The molecule has 1 fully saturated rings. The lowest BCUT2D eigenvalue weighted by atomic mass is 9.84. The number of aromatic nitrogens is 1. The fourth-order valence-electron chi connectivity index (χ4n) is 1.91. The molecule has 2 rings (SSSR count). The maximum absolute atomic E-state index is 11.9. The molecule has 0 atom stereocenters. The van der Waals surface area contributed by atoms with Crippen LogP contribution in [0.3, 0.4) is 0 Å². The summed E-state index contributed by atoms with van der Waals surface area (Å²) in [5.74, 6) is -0.151. The highest BCUT2D eigenvalue weighted by atomic mass is 35.5. The number of halogens is 2. The van der Waals surface area contributed by atoms with Gasteiger partial charge in [-0.3, -0.25) is 4.79 Å². The van der Waals surface area contributed by atoms with Gasteiger partial charge in [0, 0.05) is 17.5 Å². The van der Waals surface area contributed by atoms with Crippen molar-refractivity contribution in [1.82, 2.24) is 10.3 Å². The van der Waals surface area contributed by atoms with Crippen molar-refractivity contribution in [2.75, 3.05) is 12.8 Å². The fourth-order valence-corrected chi connectivity index (χ4v) is 3.10. The summed E-state index contributed by atoms with van der Waals surface area (Å²) >= 11 is 13.4. The number of nitrogens with zero attached hydrogens (tertiary/aromatic N) is 1. The minimum atomic E-state index is -0.151. The molecule has 0 radical (unpaired) electrons. The van der Waals surface area contributed by atoms with Crippen molar-refractivity contribution >= 4 is 40.9 Å². The van der Waals surface area contributed by atoms with Gasteiger partial charge < -0.3 is 5.32 Å². The third kappa shape index (κ3) is 2.92. The Hall–Kier alpha value is -0.450. The molecule has 0 spiro atoms. The molecule has 0 saturated heterocycles. The van der Waals surface area contributed by atoms with E-state index in [1.807, 2.05) is 11.8 Å². The number of amides is 1. The first-order valence-corrected chi connectivity index (χ1v) is 7.69. The summed E-state index contributed by atoms with van der Waals surface area (Å²) in [6, 6.07) is 1.54. The molecule has 18 heavy (non-hydrogen) atoms. The minimum Gasteiger partial charge on any atom is -0.351 e. The zero-order valence-corrected chi connectivity index (χ0v) is 12.3. The second kappa shape index (κ2) is 5.68. The summed E-state index contributed by atoms with van der Waals surface area (Å²) in [6.45, 7) is 0.688. The Morgan fingerprint density at radius 1 is 1.56 bits per heavy atom. The molecule has 1 aliphatic carbocycles. The van der Waals surface area contributed by atoms with Gasteiger partial charge in [-0.1, -0.05) is 29.6 Å². The monoisotopic (exact) mass is 304 g/mol. The molecular weight excluding hydrogens is 291 g/mol. The Morgan fingerprint density at radius 2 is 2.28 bits per heavy atom. The Balaban J connectivity index is 1.97. The van der Waals surface area contributed by atoms with Crippen LogP contribution in [0.1, 0.15) is 29.6 Å². The summed E-state index contributed by atoms with van der Waals surface area (Å²) in [7, 11) is 0. The second-order valence-electron chi connectivity index (χ2n) is 4.42. The molecule has 1 N–H and O–H groups in total. The largest absolute Gasteiger partial charge is 0.351 e. The third-order valence-electron chi connectivity index (χ3n) is 3.33. The van der Waals surface area contributed by atoms with Gasteiger partial charge in [-0.05, 0) is 25.2 Å². The smallest absolute Gasteiger partial charge is 0.252 e. The van der Waals surface area contributed by atoms with Gasteiger partial charge in [0.2, 0.25) is 0 Å². The summed E-state index contributed by atoms with van der Waals surface area (Å²) < 4.78 is 0.222. The molecule has 3 nitrogen and oxygen atoms in total. The number of rotatable bonds is 4. The van der Waals surface area contributed by atoms with Crippen LogP contribution in [0.2, 0.25) is 10.2 Å². The molecule has 98 valence electrons. The number of carbonyl (C=O) groups excluding carboxylic acids is 1. The van der Waals surface area contributed by atoms with Crippen LogP contribution in [0.25, 0.3) is 0 Å². The van der Waals surface area contributed by atoms with Crippen LogP contribution < -0.4 is 5.32 Å². The van der Waals surface area contributed by atoms with E-state index in [9.17, 15) is 4.79 Å². The first-order chi connectivity index (χ1) is 8.56. The zero-order chi connectivity index (χ0) is 13.2. The van der Waals surface area contributed by atoms with Crippen LogP contribution >= 0.6 is 35.0 Å². The van der Waals surface area contributed by atoms with Crippen LogP contribution in [0.5, 0.6) is 0 Å². The van der Waals surface area contributed by atoms with E-state index in [1.165, 1.54) is 12.6 Å². The van der Waals surface area contributed by atoms with Crippen LogP contribution in [-0.2, 0) is 0 Å². The first-order valence-electron chi connectivity index (χ1n) is 5.71. The Labute approximate surface area is 121 Å². The number of carbonyl (C=O) groups is 1. The quantitative estimate of drug-likeness (QED) is 0.867. The Bertz CT molecular complexity index is 458. The van der Waals surface area contributed by atoms with E-state index < -0.39 is 0 Å². The van der Waals surface area contributed by atoms with Crippen molar-refractivity contribution in [3.05, 3.63) is 28.0 Å². The van der Waals surface area contributed by atoms with Crippen molar-refractivity contribution < 1.29 is 4.79 Å². The number of thioether (sulfide) groups is 1. The van der Waals surface area contributed by atoms with Crippen LogP contribution in [0.4, 0.5) is 0 Å². The average Bonchev–Trinajstić information content (AvgIpc) is 2.31. The van der Waals surface area contributed by atoms with E-state index in [0.717, 1.165) is 12.8 Å². The summed E-state index contributed by atoms with van der Waals surface area (Å²) in [6.07, 6.45) is 7.09. The molecule has 1 aromatic heterocycles. The number of nitrogens with one attached hydrogen (secondary N) is 1. The second-order valence-corrected chi connectivity index (χ2v) is 6.46. The number of hydrogen-bond acceptors (Lipinski definition) is 3. The molecule has 1 heterocycles. The predicted molar refractivity (Wildman–Crippen MR) is 76.7 cm³/mol. The minimum absolute atomic E-state index is 0.151. The molecule has 1 aliphatic rings. The average molecular weight is 305 g/mol. The van der Waals surface area contributed by atoms with Gasteiger partial charge in [0.1, 0.15) is 5.15 Å². The van der Waals surface area contributed by atoms with E-state index >= 15 is 0 Å². The SMILES string of the molecule is CSC1(CNC(=O)c2cnc(Cl)c(Cl)c2)CCC1. The molecule has 1 saturated carbocycles. The molecular formula is C12H14Cl2N2OS. The van der Waals surface area contributed by atoms with E-state index in [2.05, 4.69) is 16.6 Å². The lowest BCUT2D eigenvalue weighted by Gasteiger charge is -2.40. The molecule has 0 aromatic carbocycles. The van der Waals surface area contributed by atoms with Crippen molar-refractivity contribution in [1.29, 1.82) is 0 Å². The molecule has 6 heteroatoms. The maximum Gasteiger partial charge on any atom is 0.252 e. The topological polar surface area (TPSA) is 42.0 Å². The summed E-state index contributed by atoms with van der Waals surface area (Å²) in [4.78, 5) is 15.8. The van der Waals surface area contributed by atoms with E-state index in [-0.39, 0.29) is 15.8 Å². The molecule has 0 aliphatic heterocycles. The highest BCUT2D eigenvalue weighted by molar-refractivity contribution is 8.00. The molecule has 1 amide bonds. The van der Waals surface area contributed by atoms with Gasteiger partial charge in [-0.25, -0.2) is 4.98 Å². The first kappa shape index (κ1) is 14.0. The lowest BCUT2D eigenvalue weighted by Crippen LogP contribution is -2.45. The fraction of sp³-hybridized carbons (Fsp3) is 0.500. The van der Waals surface area contributed by atoms with Crippen molar-refractivity contribution in [3.63, 3.8) is 0 Å². The lowest BCUT2D eigenvalue weighted by molar-refractivity contribution is 0.0943. The van der Waals surface area contributed by atoms with Crippen molar-refractivity contribution in [2.45, 2.75) is 24.0 Å².